The molecule has 23 heavy (non-hydrogen) atoms. The molecule has 0 saturated heterocycles. The van der Waals surface area contributed by atoms with E-state index in [1.165, 1.54) is 44.0 Å². The molecule has 1 amide bonds. The van der Waals surface area contributed by atoms with Gasteiger partial charge in [-0.25, -0.2) is 4.79 Å². The Labute approximate surface area is 134 Å². The van der Waals surface area contributed by atoms with Crippen LogP contribution in [-0.4, -0.2) is 29.5 Å². The van der Waals surface area contributed by atoms with Crippen molar-refractivity contribution in [3.8, 4) is 0 Å². The Kier molecular flexibility index (Phi) is 4.50. The number of hydrogen-bond donors (Lipinski definition) is 2. The Morgan fingerprint density at radius 3 is 2.87 bits per heavy atom. The average molecular weight is 318 g/mol. The number of esters is 1. The van der Waals surface area contributed by atoms with Crippen molar-refractivity contribution in [1.29, 1.82) is 0 Å². The highest BCUT2D eigenvalue weighted by molar-refractivity contribution is 5.90. The van der Waals surface area contributed by atoms with Crippen LogP contribution in [0.4, 0.5) is 0 Å². The lowest BCUT2D eigenvalue weighted by Gasteiger charge is -2.28. The van der Waals surface area contributed by atoms with Gasteiger partial charge in [0.25, 0.3) is 11.5 Å². The molecule has 1 aromatic heterocycles. The lowest BCUT2D eigenvalue weighted by molar-refractivity contribution is -0.125. The number of carbonyl (C=O) groups excluding carboxylic acids is 2. The van der Waals surface area contributed by atoms with Crippen molar-refractivity contribution in [3.05, 3.63) is 34.2 Å². The summed E-state index contributed by atoms with van der Waals surface area (Å²) in [6, 6.07) is 3.00. The fraction of sp³-hybridized carbons (Fsp3) is 0.588. The maximum atomic E-state index is 12.0. The van der Waals surface area contributed by atoms with E-state index < -0.39 is 11.5 Å². The fourth-order valence-corrected chi connectivity index (χ4v) is 4.10. The van der Waals surface area contributed by atoms with Crippen LogP contribution in [0.5, 0.6) is 0 Å². The Bertz CT molecular complexity index is 654. The van der Waals surface area contributed by atoms with Crippen LogP contribution in [0.1, 0.15) is 43.0 Å². The first-order chi connectivity index (χ1) is 11.0. The van der Waals surface area contributed by atoms with Crippen LogP contribution in [0.25, 0.3) is 0 Å². The molecule has 2 saturated carbocycles. The predicted octanol–water partition coefficient (Wildman–Crippen LogP) is 1.47. The average Bonchev–Trinajstić information content (AvgIpc) is 3.16. The van der Waals surface area contributed by atoms with Crippen LogP contribution in [0.15, 0.2) is 23.1 Å². The molecular weight excluding hydrogens is 296 g/mol. The number of carbonyl (C=O) groups is 2. The van der Waals surface area contributed by atoms with Gasteiger partial charge in [-0.1, -0.05) is 6.42 Å². The summed E-state index contributed by atoms with van der Waals surface area (Å²) in [6.45, 7) is 1.66. The molecule has 0 spiro atoms. The van der Waals surface area contributed by atoms with Crippen LogP contribution in [0.3, 0.4) is 0 Å². The number of ether oxygens (including phenoxy) is 1. The summed E-state index contributed by atoms with van der Waals surface area (Å²) in [5, 5.41) is 2.93. The maximum Gasteiger partial charge on any atom is 0.344 e. The van der Waals surface area contributed by atoms with Gasteiger partial charge in [-0.15, -0.1) is 0 Å². The molecule has 2 fully saturated rings. The highest BCUT2D eigenvalue weighted by Gasteiger charge is 2.42. The molecule has 2 N–H and O–H groups in total. The van der Waals surface area contributed by atoms with Crippen LogP contribution < -0.4 is 10.9 Å². The van der Waals surface area contributed by atoms with Crippen molar-refractivity contribution < 1.29 is 14.3 Å². The minimum atomic E-state index is -0.783. The molecule has 2 aliphatic carbocycles. The Morgan fingerprint density at radius 2 is 2.22 bits per heavy atom. The number of H-pyrrole nitrogens is 1. The zero-order chi connectivity index (χ0) is 16.4. The highest BCUT2D eigenvalue weighted by Crippen LogP contribution is 2.49. The van der Waals surface area contributed by atoms with Crippen molar-refractivity contribution in [2.24, 2.45) is 17.8 Å². The smallest absolute Gasteiger partial charge is 0.344 e. The Hall–Kier alpha value is -2.11. The number of rotatable bonds is 5. The number of hydrogen-bond acceptors (Lipinski definition) is 4. The number of pyridine rings is 1. The van der Waals surface area contributed by atoms with Crippen LogP contribution in [0, 0.1) is 17.8 Å². The Balaban J connectivity index is 1.47. The number of nitrogens with one attached hydrogen (secondary N) is 2. The van der Waals surface area contributed by atoms with E-state index in [2.05, 4.69) is 10.3 Å². The predicted molar refractivity (Wildman–Crippen MR) is 83.9 cm³/mol. The minimum Gasteiger partial charge on any atom is -0.452 e. The van der Waals surface area contributed by atoms with E-state index in [9.17, 15) is 14.4 Å². The lowest BCUT2D eigenvalue weighted by Crippen LogP contribution is -2.42. The summed E-state index contributed by atoms with van der Waals surface area (Å²) in [5.74, 6) is 0.980. The van der Waals surface area contributed by atoms with Crippen LogP contribution in [-0.2, 0) is 9.53 Å². The van der Waals surface area contributed by atoms with Gasteiger partial charge in [0.05, 0.1) is 0 Å². The summed E-state index contributed by atoms with van der Waals surface area (Å²) >= 11 is 0. The Morgan fingerprint density at radius 1 is 1.39 bits per heavy atom. The van der Waals surface area contributed by atoms with Crippen molar-refractivity contribution >= 4 is 11.9 Å². The van der Waals surface area contributed by atoms with Gasteiger partial charge >= 0.3 is 5.97 Å². The monoisotopic (exact) mass is 318 g/mol. The summed E-state index contributed by atoms with van der Waals surface area (Å²) in [7, 11) is 0. The van der Waals surface area contributed by atoms with Gasteiger partial charge in [0.1, 0.15) is 5.56 Å². The number of aromatic nitrogens is 1. The van der Waals surface area contributed by atoms with E-state index in [0.717, 1.165) is 11.8 Å². The van der Waals surface area contributed by atoms with Crippen LogP contribution >= 0.6 is 0 Å². The van der Waals surface area contributed by atoms with Crippen molar-refractivity contribution in [2.75, 3.05) is 6.61 Å². The van der Waals surface area contributed by atoms with Gasteiger partial charge < -0.3 is 15.0 Å². The molecule has 3 rings (SSSR count). The van der Waals surface area contributed by atoms with Gasteiger partial charge in [-0.05, 0) is 56.1 Å². The van der Waals surface area contributed by atoms with Crippen molar-refractivity contribution in [2.45, 2.75) is 38.6 Å². The maximum absolute atomic E-state index is 12.0. The van der Waals surface area contributed by atoms with Gasteiger partial charge in [-0.2, -0.15) is 0 Å². The summed E-state index contributed by atoms with van der Waals surface area (Å²) in [4.78, 5) is 37.6. The minimum absolute atomic E-state index is 0.0941. The van der Waals surface area contributed by atoms with E-state index in [1.807, 2.05) is 6.92 Å². The van der Waals surface area contributed by atoms with Crippen LogP contribution in [0.2, 0.25) is 0 Å². The molecule has 124 valence electrons. The molecule has 6 nitrogen and oxygen atoms in total. The summed E-state index contributed by atoms with van der Waals surface area (Å²) < 4.78 is 4.93. The SMILES string of the molecule is C[C@H](NC(=O)COC(=O)c1ccc[nH]c1=O)[C@H]1C[C@@H]2CC[C@H]1C2. The molecule has 6 heteroatoms. The van der Waals surface area contributed by atoms with E-state index in [0.29, 0.717) is 5.92 Å². The van der Waals surface area contributed by atoms with E-state index in [-0.39, 0.29) is 24.1 Å². The van der Waals surface area contributed by atoms with Gasteiger partial charge in [0, 0.05) is 12.2 Å². The normalized spacial score (nSPS) is 26.7. The largest absolute Gasteiger partial charge is 0.452 e. The van der Waals surface area contributed by atoms with Gasteiger partial charge in [-0.3, -0.25) is 9.59 Å². The van der Waals surface area contributed by atoms with E-state index in [4.69, 9.17) is 4.74 Å². The fourth-order valence-electron chi connectivity index (χ4n) is 4.10. The molecule has 4 atom stereocenters. The first-order valence-electron chi connectivity index (χ1n) is 8.18. The quantitative estimate of drug-likeness (QED) is 0.805. The van der Waals surface area contributed by atoms with E-state index >= 15 is 0 Å². The molecule has 1 heterocycles. The molecule has 2 bridgehead atoms. The van der Waals surface area contributed by atoms with Crippen molar-refractivity contribution in [3.63, 3.8) is 0 Å². The zero-order valence-corrected chi connectivity index (χ0v) is 13.2. The standard InChI is InChI=1S/C17H22N2O4/c1-10(14-8-11-4-5-12(14)7-11)19-15(20)9-23-17(22)13-3-2-6-18-16(13)21/h2-3,6,10-12,14H,4-5,7-9H2,1H3,(H,18,21)(H,19,20)/t10-,11+,12-,14+/m0/s1. The molecule has 2 aliphatic rings. The molecular formula is C17H22N2O4. The molecule has 0 aliphatic heterocycles. The third-order valence-corrected chi connectivity index (χ3v) is 5.20. The molecule has 0 unspecified atom stereocenters. The summed E-state index contributed by atoms with van der Waals surface area (Å²) in [6.07, 6.45) is 6.50. The topological polar surface area (TPSA) is 88.3 Å². The van der Waals surface area contributed by atoms with E-state index in [1.54, 1.807) is 0 Å². The number of amides is 1. The second kappa shape index (κ2) is 6.56. The second-order valence-corrected chi connectivity index (χ2v) is 6.68. The second-order valence-electron chi connectivity index (χ2n) is 6.68. The molecule has 0 radical (unpaired) electrons. The molecule has 0 aromatic carbocycles. The summed E-state index contributed by atoms with van der Waals surface area (Å²) in [5.41, 5.74) is -0.616. The first-order valence-corrected chi connectivity index (χ1v) is 8.18. The third-order valence-electron chi connectivity index (χ3n) is 5.20. The van der Waals surface area contributed by atoms with Crippen molar-refractivity contribution in [1.82, 2.24) is 10.3 Å². The molecule has 1 aromatic rings. The van der Waals surface area contributed by atoms with Gasteiger partial charge in [0.2, 0.25) is 0 Å². The number of aromatic amines is 1. The third kappa shape index (κ3) is 3.46. The zero-order valence-electron chi connectivity index (χ0n) is 13.2. The highest BCUT2D eigenvalue weighted by atomic mass is 16.5. The first kappa shape index (κ1) is 15.8. The lowest BCUT2D eigenvalue weighted by atomic mass is 9.84. The van der Waals surface area contributed by atoms with Gasteiger partial charge in [0.15, 0.2) is 6.61 Å². The number of fused-ring (bicyclic) bond motifs is 2.